The van der Waals surface area contributed by atoms with Crippen LogP contribution in [0.25, 0.3) is 0 Å². The van der Waals surface area contributed by atoms with E-state index < -0.39 is 0 Å². The molecule has 3 saturated heterocycles. The molecule has 23 heavy (non-hydrogen) atoms. The summed E-state index contributed by atoms with van der Waals surface area (Å²) in [5.41, 5.74) is 0. The molecule has 0 aromatic carbocycles. The van der Waals surface area contributed by atoms with Crippen LogP contribution in [-0.4, -0.2) is 65.7 Å². The molecule has 0 radical (unpaired) electrons. The van der Waals surface area contributed by atoms with Gasteiger partial charge in [0.25, 0.3) is 0 Å². The average molecular weight is 321 g/mol. The SMILES string of the molecule is C[C@@H]1C[C@@H]1N1C[C@H](NC(=O)N2CCC[C@@H]2[C@H]2CCCO2)CC1=O. The summed E-state index contributed by atoms with van der Waals surface area (Å²) in [6, 6.07) is 0.588. The van der Waals surface area contributed by atoms with Gasteiger partial charge in [0.1, 0.15) is 0 Å². The molecule has 0 spiro atoms. The molecule has 6 nitrogen and oxygen atoms in total. The lowest BCUT2D eigenvalue weighted by molar-refractivity contribution is -0.128. The third kappa shape index (κ3) is 2.93. The van der Waals surface area contributed by atoms with Gasteiger partial charge in [0, 0.05) is 32.2 Å². The Morgan fingerprint density at radius 3 is 2.78 bits per heavy atom. The van der Waals surface area contributed by atoms with Gasteiger partial charge in [-0.3, -0.25) is 4.79 Å². The van der Waals surface area contributed by atoms with Crippen molar-refractivity contribution in [3.05, 3.63) is 0 Å². The van der Waals surface area contributed by atoms with Crippen molar-refractivity contribution in [3.63, 3.8) is 0 Å². The Labute approximate surface area is 137 Å². The number of carbonyl (C=O) groups is 2. The van der Waals surface area contributed by atoms with Crippen molar-refractivity contribution >= 4 is 11.9 Å². The molecule has 0 bridgehead atoms. The second kappa shape index (κ2) is 5.96. The van der Waals surface area contributed by atoms with Crippen LogP contribution in [0.2, 0.25) is 0 Å². The highest BCUT2D eigenvalue weighted by Gasteiger charge is 2.45. The number of amides is 3. The van der Waals surface area contributed by atoms with E-state index in [1.807, 2.05) is 9.80 Å². The summed E-state index contributed by atoms with van der Waals surface area (Å²) in [7, 11) is 0. The first-order valence-corrected chi connectivity index (χ1v) is 9.11. The Kier molecular flexibility index (Phi) is 3.95. The monoisotopic (exact) mass is 321 g/mol. The predicted octanol–water partition coefficient (Wildman–Crippen LogP) is 1.35. The molecule has 1 saturated carbocycles. The number of carbonyl (C=O) groups excluding carboxylic acids is 2. The van der Waals surface area contributed by atoms with E-state index in [1.165, 1.54) is 0 Å². The van der Waals surface area contributed by atoms with Crippen LogP contribution in [0.5, 0.6) is 0 Å². The van der Waals surface area contributed by atoms with Crippen LogP contribution in [-0.2, 0) is 9.53 Å². The lowest BCUT2D eigenvalue weighted by atomic mass is 10.1. The first-order chi connectivity index (χ1) is 11.1. The van der Waals surface area contributed by atoms with Gasteiger partial charge in [0.15, 0.2) is 0 Å². The van der Waals surface area contributed by atoms with Crippen molar-refractivity contribution in [2.24, 2.45) is 5.92 Å². The maximum absolute atomic E-state index is 12.7. The standard InChI is InChI=1S/C17H27N3O3/c1-11-8-14(11)20-10-12(9-16(20)21)18-17(22)19-6-2-4-13(19)15-5-3-7-23-15/h11-15H,2-10H2,1H3,(H,18,22)/t11-,12-,13-,14+,15-/m1/s1. The van der Waals surface area contributed by atoms with Crippen LogP contribution in [0.4, 0.5) is 4.79 Å². The molecule has 128 valence electrons. The number of hydrogen-bond donors (Lipinski definition) is 1. The minimum Gasteiger partial charge on any atom is -0.376 e. The van der Waals surface area contributed by atoms with Crippen molar-refractivity contribution in [2.75, 3.05) is 19.7 Å². The van der Waals surface area contributed by atoms with Gasteiger partial charge in [-0.05, 0) is 38.0 Å². The van der Waals surface area contributed by atoms with Crippen molar-refractivity contribution < 1.29 is 14.3 Å². The highest BCUT2D eigenvalue weighted by atomic mass is 16.5. The van der Waals surface area contributed by atoms with Crippen LogP contribution >= 0.6 is 0 Å². The Hall–Kier alpha value is -1.30. The maximum Gasteiger partial charge on any atom is 0.318 e. The van der Waals surface area contributed by atoms with Crippen molar-refractivity contribution in [1.82, 2.24) is 15.1 Å². The van der Waals surface area contributed by atoms with Crippen LogP contribution in [0.3, 0.4) is 0 Å². The maximum atomic E-state index is 12.7. The van der Waals surface area contributed by atoms with E-state index in [4.69, 9.17) is 4.74 Å². The van der Waals surface area contributed by atoms with Crippen LogP contribution in [0.15, 0.2) is 0 Å². The summed E-state index contributed by atoms with van der Waals surface area (Å²) in [6.45, 7) is 4.49. The zero-order valence-corrected chi connectivity index (χ0v) is 13.9. The van der Waals surface area contributed by atoms with E-state index in [0.29, 0.717) is 24.9 Å². The number of nitrogens with zero attached hydrogens (tertiary/aromatic N) is 2. The third-order valence-electron chi connectivity index (χ3n) is 5.91. The highest BCUT2D eigenvalue weighted by Crippen LogP contribution is 2.37. The second-order valence-electron chi connectivity index (χ2n) is 7.63. The Bertz CT molecular complexity index is 491. The van der Waals surface area contributed by atoms with Gasteiger partial charge in [-0.1, -0.05) is 6.92 Å². The molecule has 3 aliphatic heterocycles. The average Bonchev–Trinajstić information content (AvgIpc) is 3.01. The largest absolute Gasteiger partial charge is 0.376 e. The fourth-order valence-electron chi connectivity index (χ4n) is 4.48. The zero-order chi connectivity index (χ0) is 16.0. The Balaban J connectivity index is 1.33. The van der Waals surface area contributed by atoms with E-state index in [1.54, 1.807) is 0 Å². The molecule has 1 aliphatic carbocycles. The van der Waals surface area contributed by atoms with Crippen molar-refractivity contribution in [3.8, 4) is 0 Å². The van der Waals surface area contributed by atoms with E-state index >= 15 is 0 Å². The topological polar surface area (TPSA) is 61.9 Å². The van der Waals surface area contributed by atoms with Gasteiger partial charge in [-0.2, -0.15) is 0 Å². The molecule has 3 amide bonds. The molecule has 5 atom stereocenters. The lowest BCUT2D eigenvalue weighted by Crippen LogP contribution is -2.50. The molecular formula is C17H27N3O3. The fraction of sp³-hybridized carbons (Fsp3) is 0.882. The molecule has 6 heteroatoms. The van der Waals surface area contributed by atoms with Crippen LogP contribution in [0, 0.1) is 5.92 Å². The number of hydrogen-bond acceptors (Lipinski definition) is 3. The quantitative estimate of drug-likeness (QED) is 0.853. The summed E-state index contributed by atoms with van der Waals surface area (Å²) in [5, 5.41) is 3.10. The number of urea groups is 1. The molecule has 4 rings (SSSR count). The van der Waals surface area contributed by atoms with Crippen molar-refractivity contribution in [2.45, 2.75) is 69.7 Å². The summed E-state index contributed by atoms with van der Waals surface area (Å²) < 4.78 is 5.79. The van der Waals surface area contributed by atoms with Gasteiger partial charge in [0.05, 0.1) is 18.2 Å². The minimum atomic E-state index is -0.0338. The first-order valence-electron chi connectivity index (χ1n) is 9.11. The minimum absolute atomic E-state index is 0.00787. The Morgan fingerprint density at radius 1 is 1.26 bits per heavy atom. The van der Waals surface area contributed by atoms with Crippen molar-refractivity contribution in [1.29, 1.82) is 0 Å². The summed E-state index contributed by atoms with van der Waals surface area (Å²) >= 11 is 0. The molecule has 0 aromatic heterocycles. The molecule has 1 N–H and O–H groups in total. The summed E-state index contributed by atoms with van der Waals surface area (Å²) in [4.78, 5) is 28.7. The summed E-state index contributed by atoms with van der Waals surface area (Å²) in [5.74, 6) is 0.817. The van der Waals surface area contributed by atoms with E-state index in [-0.39, 0.29) is 30.1 Å². The smallest absolute Gasteiger partial charge is 0.318 e. The number of rotatable bonds is 3. The van der Waals surface area contributed by atoms with E-state index in [0.717, 1.165) is 45.3 Å². The van der Waals surface area contributed by atoms with Gasteiger partial charge in [-0.25, -0.2) is 4.79 Å². The zero-order valence-electron chi connectivity index (χ0n) is 13.9. The fourth-order valence-corrected chi connectivity index (χ4v) is 4.48. The number of nitrogens with one attached hydrogen (secondary N) is 1. The number of likely N-dealkylation sites (tertiary alicyclic amines) is 2. The van der Waals surface area contributed by atoms with Gasteiger partial charge < -0.3 is 19.9 Å². The predicted molar refractivity (Wildman–Crippen MR) is 84.9 cm³/mol. The van der Waals surface area contributed by atoms with Gasteiger partial charge >= 0.3 is 6.03 Å². The van der Waals surface area contributed by atoms with E-state index in [9.17, 15) is 9.59 Å². The molecular weight excluding hydrogens is 294 g/mol. The lowest BCUT2D eigenvalue weighted by Gasteiger charge is -2.30. The Morgan fingerprint density at radius 2 is 2.09 bits per heavy atom. The first kappa shape index (κ1) is 15.2. The molecule has 0 aromatic rings. The molecule has 3 heterocycles. The van der Waals surface area contributed by atoms with Gasteiger partial charge in [0.2, 0.25) is 5.91 Å². The normalized spacial score (nSPS) is 40.0. The van der Waals surface area contributed by atoms with Gasteiger partial charge in [-0.15, -0.1) is 0 Å². The second-order valence-corrected chi connectivity index (χ2v) is 7.63. The van der Waals surface area contributed by atoms with E-state index in [2.05, 4.69) is 12.2 Å². The van der Waals surface area contributed by atoms with Crippen LogP contribution in [0.1, 0.15) is 45.4 Å². The highest BCUT2D eigenvalue weighted by molar-refractivity contribution is 5.82. The molecule has 4 fully saturated rings. The third-order valence-corrected chi connectivity index (χ3v) is 5.91. The summed E-state index contributed by atoms with van der Waals surface area (Å²) in [6.07, 6.45) is 6.01. The molecule has 0 unspecified atom stereocenters. The van der Waals surface area contributed by atoms with Crippen LogP contribution < -0.4 is 5.32 Å². The number of ether oxygens (including phenoxy) is 1. The molecule has 4 aliphatic rings.